The van der Waals surface area contributed by atoms with Gasteiger partial charge in [-0.1, -0.05) is 0 Å². The summed E-state index contributed by atoms with van der Waals surface area (Å²) in [6.07, 6.45) is 0. The second kappa shape index (κ2) is 41.1. The Kier molecular flexibility index (Phi) is 119. The van der Waals surface area contributed by atoms with Crippen LogP contribution in [0.3, 0.4) is 0 Å². The zero-order valence-electron chi connectivity index (χ0n) is 14.1. The minimum atomic E-state index is -5.39. The number of hydrogen-bond acceptors (Lipinski definition) is 16. The van der Waals surface area contributed by atoms with Crippen molar-refractivity contribution in [3.05, 3.63) is 0 Å². The van der Waals surface area contributed by atoms with Crippen molar-refractivity contribution >= 4 is 145 Å². The van der Waals surface area contributed by atoms with Gasteiger partial charge in [-0.05, 0) is 0 Å². The minimum absolute atomic E-state index is 0. The van der Waals surface area contributed by atoms with Crippen molar-refractivity contribution < 1.29 is 152 Å². The van der Waals surface area contributed by atoms with Gasteiger partial charge in [0.05, 0.1) is 0 Å². The second-order valence-corrected chi connectivity index (χ2v) is 5.37. The third-order valence-electron chi connectivity index (χ3n) is 0. The molecule has 0 spiro atoms. The van der Waals surface area contributed by atoms with Gasteiger partial charge in [-0.25, -0.2) is 0 Å². The van der Waals surface area contributed by atoms with Gasteiger partial charge < -0.3 is 93.4 Å². The van der Waals surface area contributed by atoms with Gasteiger partial charge in [0.2, 0.25) is 0 Å². The Balaban J connectivity index is -0.00000000970. The molecule has 0 saturated heterocycles. The van der Waals surface area contributed by atoms with Crippen LogP contribution in [0.5, 0.6) is 0 Å². The Morgan fingerprint density at radius 1 is 0.310 bits per heavy atom. The molecule has 29 heteroatoms. The van der Waals surface area contributed by atoms with Crippen molar-refractivity contribution in [2.45, 2.75) is 0 Å². The first-order chi connectivity index (χ1) is 8.00. The quantitative estimate of drug-likeness (QED) is 0.164. The van der Waals surface area contributed by atoms with E-state index in [-0.39, 0.29) is 188 Å². The monoisotopic (exact) mass is 746 g/mol. The molecule has 0 amide bonds. The molecule has 0 radical (unpaired) electrons. The van der Waals surface area contributed by atoms with E-state index in [1.165, 1.54) is 0 Å². The molecule has 19 nitrogen and oxygen atoms in total. The maximum atomic E-state index is 8.55. The molecule has 0 heterocycles. The summed E-state index contributed by atoms with van der Waals surface area (Å²) in [7, 11) is -21.6. The second-order valence-electron chi connectivity index (χ2n) is 1.79. The average molecular weight is 750 g/mol. The topological polar surface area (TPSA) is 440 Å². The Bertz CT molecular complexity index is 307. The Morgan fingerprint density at radius 2 is 0.310 bits per heavy atom. The standard InChI is InChI=1S/3Ca.4H3O4P.3H2O.3Zn/c;;;4*1-5(2,3)4;;;;;;/h;;;4*(H3,1,2,3,4);3*1H2;;;/q3*+2;;;;;;;;3*+2/p-12. The molecule has 0 rings (SSSR count). The predicted molar refractivity (Wildman–Crippen MR) is 58.5 cm³/mol. The van der Waals surface area contributed by atoms with Crippen molar-refractivity contribution in [3.8, 4) is 0 Å². The first-order valence-electron chi connectivity index (χ1n) is 2.92. The van der Waals surface area contributed by atoms with E-state index in [2.05, 4.69) is 0 Å². The molecule has 0 aliphatic rings. The smallest absolute Gasteiger partial charge is 0.822 e. The van der Waals surface area contributed by atoms with Gasteiger partial charge in [0.1, 0.15) is 0 Å². The summed E-state index contributed by atoms with van der Waals surface area (Å²) in [5.74, 6) is 0. The van der Waals surface area contributed by atoms with E-state index in [1.807, 2.05) is 0 Å². The van der Waals surface area contributed by atoms with E-state index in [9.17, 15) is 0 Å². The molecule has 0 aliphatic carbocycles. The van der Waals surface area contributed by atoms with E-state index in [0.717, 1.165) is 0 Å². The van der Waals surface area contributed by atoms with E-state index < -0.39 is 31.3 Å². The van der Waals surface area contributed by atoms with Gasteiger partial charge in [-0.3, -0.25) is 0 Å². The van der Waals surface area contributed by atoms with Gasteiger partial charge in [0.25, 0.3) is 0 Å². The van der Waals surface area contributed by atoms with Crippen LogP contribution in [0.15, 0.2) is 0 Å². The van der Waals surface area contributed by atoms with Gasteiger partial charge in [-0.15, -0.1) is 0 Å². The van der Waals surface area contributed by atoms with Crippen molar-refractivity contribution in [2.24, 2.45) is 0 Å². The predicted octanol–water partition coefficient (Wildman–Crippen LogP) is -14.9. The Morgan fingerprint density at radius 3 is 0.310 bits per heavy atom. The van der Waals surface area contributed by atoms with E-state index in [4.69, 9.17) is 77.0 Å². The molecule has 0 fully saturated rings. The van der Waals surface area contributed by atoms with Crippen LogP contribution in [-0.4, -0.2) is 130 Å². The molecule has 0 unspecified atom stereocenters. The summed E-state index contributed by atoms with van der Waals surface area (Å²) >= 11 is 0. The van der Waals surface area contributed by atoms with E-state index >= 15 is 0 Å². The van der Waals surface area contributed by atoms with Crippen LogP contribution in [0.1, 0.15) is 0 Å². The summed E-state index contributed by atoms with van der Waals surface area (Å²) in [5, 5.41) is 0. The van der Waals surface area contributed by atoms with Crippen LogP contribution in [-0.2, 0) is 76.7 Å². The van der Waals surface area contributed by atoms with Crippen LogP contribution in [0.25, 0.3) is 0 Å². The van der Waals surface area contributed by atoms with E-state index in [1.54, 1.807) is 0 Å². The fraction of sp³-hybridized carbons (Fsp3) is 0. The molecule has 0 atom stereocenters. The zero-order chi connectivity index (χ0) is 18.0. The normalized spacial score (nSPS) is 8.14. The fourth-order valence-electron chi connectivity index (χ4n) is 0. The first-order valence-corrected chi connectivity index (χ1v) is 8.76. The van der Waals surface area contributed by atoms with Crippen LogP contribution in [0.2, 0.25) is 0 Å². The molecule has 0 aromatic carbocycles. The molecular formula is H6Ca3O19P4Zn3. The number of phosphoric acid groups is 4. The molecule has 0 bridgehead atoms. The summed E-state index contributed by atoms with van der Waals surface area (Å²) in [6, 6.07) is 0. The van der Waals surface area contributed by atoms with Crippen molar-refractivity contribution in [3.63, 3.8) is 0 Å². The maximum Gasteiger partial charge on any atom is 2.00 e. The number of rotatable bonds is 0. The molecular weight excluding hydrogens is 744 g/mol. The number of hydrogen-bond donors (Lipinski definition) is 0. The maximum absolute atomic E-state index is 8.55. The Labute approximate surface area is 291 Å². The molecule has 0 aliphatic heterocycles. The average Bonchev–Trinajstić information content (AvgIpc) is 1.62. The molecule has 0 saturated carbocycles. The SMILES string of the molecule is O.O.O.O=P([O-])([O-])[O-].O=P([O-])([O-])[O-].O=P([O-])([O-])[O-].O=P([O-])([O-])[O-].[Ca+2].[Ca+2].[Ca+2].[Zn+2].[Zn+2].[Zn+2]. The van der Waals surface area contributed by atoms with Crippen molar-refractivity contribution in [2.75, 3.05) is 0 Å². The van der Waals surface area contributed by atoms with Gasteiger partial charge >= 0.3 is 172 Å². The molecule has 6 N–H and O–H groups in total. The fourth-order valence-corrected chi connectivity index (χ4v) is 0. The third-order valence-corrected chi connectivity index (χ3v) is 0. The molecule has 0 aromatic heterocycles. The van der Waals surface area contributed by atoms with Crippen LogP contribution >= 0.6 is 31.3 Å². The summed E-state index contributed by atoms with van der Waals surface area (Å²) in [4.78, 5) is 103. The van der Waals surface area contributed by atoms with Gasteiger partial charge in [0.15, 0.2) is 0 Å². The largest absolute Gasteiger partial charge is 2.00 e. The van der Waals surface area contributed by atoms with Crippen molar-refractivity contribution in [1.29, 1.82) is 0 Å². The summed E-state index contributed by atoms with van der Waals surface area (Å²) in [5.41, 5.74) is 0. The minimum Gasteiger partial charge on any atom is -0.822 e. The van der Waals surface area contributed by atoms with Crippen LogP contribution in [0.4, 0.5) is 0 Å². The Hall–Kier alpha value is 5.97. The molecule has 29 heavy (non-hydrogen) atoms. The first kappa shape index (κ1) is 83.6. The van der Waals surface area contributed by atoms with E-state index in [0.29, 0.717) is 0 Å². The molecule has 0 aromatic rings. The third kappa shape index (κ3) is 974. The van der Waals surface area contributed by atoms with Crippen LogP contribution in [0, 0.1) is 0 Å². The molecule has 152 valence electrons. The van der Waals surface area contributed by atoms with Gasteiger partial charge in [0, 0.05) is 0 Å². The zero-order valence-corrected chi connectivity index (χ0v) is 33.2. The summed E-state index contributed by atoms with van der Waals surface area (Å²) < 4.78 is 34.2. The van der Waals surface area contributed by atoms with Gasteiger partial charge in [-0.2, -0.15) is 31.3 Å². The van der Waals surface area contributed by atoms with Crippen molar-refractivity contribution in [1.82, 2.24) is 0 Å². The summed E-state index contributed by atoms with van der Waals surface area (Å²) in [6.45, 7) is 0. The van der Waals surface area contributed by atoms with Crippen LogP contribution < -0.4 is 58.7 Å².